The molecule has 0 atom stereocenters. The van der Waals surface area contributed by atoms with Crippen LogP contribution in [0.25, 0.3) is 0 Å². The highest BCUT2D eigenvalue weighted by molar-refractivity contribution is 5.89. The molecule has 0 radical (unpaired) electrons. The number of ether oxygens (including phenoxy) is 1. The van der Waals surface area contributed by atoms with E-state index in [1.165, 1.54) is 24.3 Å². The minimum atomic E-state index is -4.43. The lowest BCUT2D eigenvalue weighted by Gasteiger charge is -2.38. The number of carbonyl (C=O) groups is 1. The molecule has 1 aliphatic rings. The van der Waals surface area contributed by atoms with E-state index in [1.807, 2.05) is 0 Å². The predicted molar refractivity (Wildman–Crippen MR) is 96.6 cm³/mol. The smallest absolute Gasteiger partial charge is 0.381 e. The summed E-state index contributed by atoms with van der Waals surface area (Å²) in [6.07, 6.45) is -3.09. The zero-order valence-electron chi connectivity index (χ0n) is 15.0. The third-order valence-corrected chi connectivity index (χ3v) is 4.96. The highest BCUT2D eigenvalue weighted by Crippen LogP contribution is 2.34. The summed E-state index contributed by atoms with van der Waals surface area (Å²) in [5, 5.41) is 5.31. The maximum Gasteiger partial charge on any atom is 0.416 e. The summed E-state index contributed by atoms with van der Waals surface area (Å²) in [5.74, 6) is -0.334. The largest absolute Gasteiger partial charge is 0.416 e. The van der Waals surface area contributed by atoms with Crippen molar-refractivity contribution >= 4 is 11.7 Å². The Balaban J connectivity index is 1.64. The minimum Gasteiger partial charge on any atom is -0.381 e. The molecule has 2 N–H and O–H groups in total. The van der Waals surface area contributed by atoms with Crippen LogP contribution in [-0.4, -0.2) is 25.8 Å². The zero-order valence-corrected chi connectivity index (χ0v) is 15.0. The molecule has 1 heterocycles. The monoisotopic (exact) mass is 396 g/mol. The third-order valence-electron chi connectivity index (χ3n) is 4.96. The van der Waals surface area contributed by atoms with Crippen LogP contribution < -0.4 is 10.6 Å². The van der Waals surface area contributed by atoms with Gasteiger partial charge in [-0.1, -0.05) is 12.1 Å². The molecule has 0 aliphatic carbocycles. The van der Waals surface area contributed by atoms with Crippen LogP contribution in [0.3, 0.4) is 0 Å². The third kappa shape index (κ3) is 4.81. The average Bonchev–Trinajstić information content (AvgIpc) is 2.67. The summed E-state index contributed by atoms with van der Waals surface area (Å²) in [6, 6.07) is 9.88. The van der Waals surface area contributed by atoms with Crippen LogP contribution in [0.4, 0.5) is 28.0 Å². The molecule has 1 aliphatic heterocycles. The van der Waals surface area contributed by atoms with Crippen molar-refractivity contribution in [3.63, 3.8) is 0 Å². The number of hydrogen-bond donors (Lipinski definition) is 2. The van der Waals surface area contributed by atoms with Gasteiger partial charge >= 0.3 is 12.2 Å². The number of anilines is 1. The van der Waals surface area contributed by atoms with E-state index in [-0.39, 0.29) is 16.9 Å². The molecular formula is C20H20F4N2O2. The van der Waals surface area contributed by atoms with Gasteiger partial charge in [0.2, 0.25) is 0 Å². The molecule has 4 nitrogen and oxygen atoms in total. The first-order valence-corrected chi connectivity index (χ1v) is 8.84. The van der Waals surface area contributed by atoms with Gasteiger partial charge in [-0.15, -0.1) is 0 Å². The Morgan fingerprint density at radius 1 is 1.00 bits per heavy atom. The van der Waals surface area contributed by atoms with Gasteiger partial charge in [-0.05, 0) is 54.8 Å². The van der Waals surface area contributed by atoms with Crippen molar-refractivity contribution in [2.24, 2.45) is 0 Å². The van der Waals surface area contributed by atoms with Gasteiger partial charge < -0.3 is 15.4 Å². The van der Waals surface area contributed by atoms with Gasteiger partial charge in [-0.25, -0.2) is 9.18 Å². The molecule has 28 heavy (non-hydrogen) atoms. The van der Waals surface area contributed by atoms with Gasteiger partial charge in [-0.3, -0.25) is 0 Å². The molecule has 0 aromatic heterocycles. The Morgan fingerprint density at radius 2 is 1.61 bits per heavy atom. The first kappa shape index (κ1) is 20.1. The number of nitrogens with one attached hydrogen (secondary N) is 2. The van der Waals surface area contributed by atoms with Crippen LogP contribution in [0.2, 0.25) is 0 Å². The fourth-order valence-electron chi connectivity index (χ4n) is 3.30. The van der Waals surface area contributed by atoms with Gasteiger partial charge in [0, 0.05) is 30.9 Å². The normalized spacial score (nSPS) is 16.4. The van der Waals surface area contributed by atoms with E-state index >= 15 is 0 Å². The molecule has 8 heteroatoms. The number of hydrogen-bond acceptors (Lipinski definition) is 2. The van der Waals surface area contributed by atoms with Crippen LogP contribution in [0.5, 0.6) is 0 Å². The lowest BCUT2D eigenvalue weighted by molar-refractivity contribution is -0.137. The standard InChI is InChI=1S/C20H20F4N2O2/c21-16-5-1-14(2-6-16)19(9-11-28-12-10-19)13-25-18(27)26-17-7-3-15(4-8-17)20(22,23)24/h1-8H,9-13H2,(H2,25,26,27). The van der Waals surface area contributed by atoms with Crippen molar-refractivity contribution in [3.05, 3.63) is 65.5 Å². The molecule has 0 saturated carbocycles. The second kappa shape index (κ2) is 8.18. The molecule has 2 amide bonds. The quantitative estimate of drug-likeness (QED) is 0.735. The van der Waals surface area contributed by atoms with Crippen molar-refractivity contribution in [2.75, 3.05) is 25.1 Å². The topological polar surface area (TPSA) is 50.4 Å². The van der Waals surface area contributed by atoms with Crippen molar-refractivity contribution in [1.82, 2.24) is 5.32 Å². The summed E-state index contributed by atoms with van der Waals surface area (Å²) >= 11 is 0. The van der Waals surface area contributed by atoms with E-state index in [4.69, 9.17) is 4.74 Å². The van der Waals surface area contributed by atoms with Gasteiger partial charge in [0.05, 0.1) is 5.56 Å². The average molecular weight is 396 g/mol. The molecule has 2 aromatic rings. The Morgan fingerprint density at radius 3 is 2.18 bits per heavy atom. The number of rotatable bonds is 4. The van der Waals surface area contributed by atoms with Crippen molar-refractivity contribution in [3.8, 4) is 0 Å². The molecular weight excluding hydrogens is 376 g/mol. The fourth-order valence-corrected chi connectivity index (χ4v) is 3.30. The predicted octanol–water partition coefficient (Wildman–Crippen LogP) is 4.71. The Bertz CT molecular complexity index is 798. The van der Waals surface area contributed by atoms with Crippen molar-refractivity contribution < 1.29 is 27.1 Å². The molecule has 2 aromatic carbocycles. The van der Waals surface area contributed by atoms with Crippen molar-refractivity contribution in [2.45, 2.75) is 24.4 Å². The van der Waals surface area contributed by atoms with E-state index in [0.717, 1.165) is 17.7 Å². The van der Waals surface area contributed by atoms with Crippen molar-refractivity contribution in [1.29, 1.82) is 0 Å². The molecule has 0 spiro atoms. The van der Waals surface area contributed by atoms with Gasteiger partial charge in [-0.2, -0.15) is 13.2 Å². The van der Waals surface area contributed by atoms with Crippen LogP contribution in [0, 0.1) is 5.82 Å². The molecule has 3 rings (SSSR count). The highest BCUT2D eigenvalue weighted by atomic mass is 19.4. The lowest BCUT2D eigenvalue weighted by Crippen LogP contribution is -2.45. The van der Waals surface area contributed by atoms with E-state index < -0.39 is 17.8 Å². The number of urea groups is 1. The van der Waals surface area contributed by atoms with Crippen LogP contribution >= 0.6 is 0 Å². The van der Waals surface area contributed by atoms with E-state index in [0.29, 0.717) is 32.6 Å². The molecule has 1 fully saturated rings. The number of carbonyl (C=O) groups excluding carboxylic acids is 1. The zero-order chi connectivity index (χ0) is 20.2. The van der Waals surface area contributed by atoms with Crippen LogP contribution in [0.1, 0.15) is 24.0 Å². The minimum absolute atomic E-state index is 0.258. The second-order valence-electron chi connectivity index (χ2n) is 6.78. The maximum atomic E-state index is 13.3. The summed E-state index contributed by atoms with van der Waals surface area (Å²) in [6.45, 7) is 1.35. The van der Waals surface area contributed by atoms with E-state index in [1.54, 1.807) is 12.1 Å². The maximum absolute atomic E-state index is 13.3. The van der Waals surface area contributed by atoms with E-state index in [9.17, 15) is 22.4 Å². The number of benzene rings is 2. The molecule has 0 unspecified atom stereocenters. The Hall–Kier alpha value is -2.61. The first-order valence-electron chi connectivity index (χ1n) is 8.84. The Kier molecular flexibility index (Phi) is 5.88. The summed E-state index contributed by atoms with van der Waals surface area (Å²) in [4.78, 5) is 12.2. The number of alkyl halides is 3. The highest BCUT2D eigenvalue weighted by Gasteiger charge is 2.35. The second-order valence-corrected chi connectivity index (χ2v) is 6.78. The van der Waals surface area contributed by atoms with Gasteiger partial charge in [0.1, 0.15) is 5.82 Å². The molecule has 0 bridgehead atoms. The molecule has 1 saturated heterocycles. The summed E-state index contributed by atoms with van der Waals surface area (Å²) < 4.78 is 56.5. The first-order chi connectivity index (χ1) is 13.3. The van der Waals surface area contributed by atoms with Gasteiger partial charge in [0.15, 0.2) is 0 Å². The lowest BCUT2D eigenvalue weighted by atomic mass is 9.74. The fraction of sp³-hybridized carbons (Fsp3) is 0.350. The van der Waals surface area contributed by atoms with Crippen LogP contribution in [-0.2, 0) is 16.3 Å². The SMILES string of the molecule is O=C(NCC1(c2ccc(F)cc2)CCOCC1)Nc1ccc(C(F)(F)F)cc1. The Labute approximate surface area is 159 Å². The molecule has 150 valence electrons. The number of halogens is 4. The van der Waals surface area contributed by atoms with E-state index in [2.05, 4.69) is 10.6 Å². The van der Waals surface area contributed by atoms with Gasteiger partial charge in [0.25, 0.3) is 0 Å². The van der Waals surface area contributed by atoms with Crippen LogP contribution in [0.15, 0.2) is 48.5 Å². The summed E-state index contributed by atoms with van der Waals surface area (Å²) in [7, 11) is 0. The summed E-state index contributed by atoms with van der Waals surface area (Å²) in [5.41, 5.74) is -0.0000526. The number of amides is 2.